The summed E-state index contributed by atoms with van der Waals surface area (Å²) >= 11 is 0. The highest BCUT2D eigenvalue weighted by Gasteiger charge is 2.30. The van der Waals surface area contributed by atoms with Gasteiger partial charge < -0.3 is 0 Å². The van der Waals surface area contributed by atoms with E-state index >= 15 is 0 Å². The summed E-state index contributed by atoms with van der Waals surface area (Å²) in [5.74, 6) is 3.79. The molecule has 0 N–H and O–H groups in total. The minimum absolute atomic E-state index is 0.0169. The molecule has 2 aromatic heterocycles. The smallest absolute Gasteiger partial charge is 0.0829 e. The number of aryl methyl sites for hydroxylation is 1. The molecule has 2 aromatic rings. The van der Waals surface area contributed by atoms with Crippen LogP contribution in [0.2, 0.25) is 0 Å². The maximum Gasteiger partial charge on any atom is 0.0829 e. The minimum atomic E-state index is 0.0169. The average Bonchev–Trinajstić information content (AvgIpc) is 3.44. The summed E-state index contributed by atoms with van der Waals surface area (Å²) in [6, 6.07) is 0. The van der Waals surface area contributed by atoms with Gasteiger partial charge in [-0.05, 0) is 95.8 Å². The molecule has 6 nitrogen and oxygen atoms in total. The molecule has 0 radical (unpaired) electrons. The molecule has 0 saturated heterocycles. The van der Waals surface area contributed by atoms with Gasteiger partial charge in [-0.15, -0.1) is 10.2 Å². The van der Waals surface area contributed by atoms with Crippen molar-refractivity contribution in [2.24, 2.45) is 29.6 Å². The Morgan fingerprint density at radius 3 is 1.56 bits per heavy atom. The van der Waals surface area contributed by atoms with Gasteiger partial charge in [-0.1, -0.05) is 70.7 Å². The first kappa shape index (κ1) is 28.8. The Hall–Kier alpha value is -1.72. The molecule has 0 bridgehead atoms. The predicted molar refractivity (Wildman–Crippen MR) is 149 cm³/mol. The van der Waals surface area contributed by atoms with Crippen LogP contribution in [0.3, 0.4) is 0 Å². The van der Waals surface area contributed by atoms with E-state index in [9.17, 15) is 0 Å². The fourth-order valence-electron chi connectivity index (χ4n) is 6.76. The van der Waals surface area contributed by atoms with Crippen LogP contribution in [-0.4, -0.2) is 30.0 Å². The number of nitrogens with zero attached hydrogens (tertiary/aromatic N) is 6. The van der Waals surface area contributed by atoms with Crippen molar-refractivity contribution in [3.8, 4) is 0 Å². The van der Waals surface area contributed by atoms with Crippen LogP contribution < -0.4 is 0 Å². The van der Waals surface area contributed by atoms with Crippen molar-refractivity contribution >= 4 is 0 Å². The van der Waals surface area contributed by atoms with E-state index in [2.05, 4.69) is 105 Å². The zero-order chi connectivity index (χ0) is 26.5. The van der Waals surface area contributed by atoms with Crippen LogP contribution in [-0.2, 0) is 23.9 Å². The van der Waals surface area contributed by atoms with Gasteiger partial charge in [0.2, 0.25) is 0 Å². The molecule has 2 atom stereocenters. The Balaban J connectivity index is 1.41. The van der Waals surface area contributed by atoms with Gasteiger partial charge in [-0.2, -0.15) is 0 Å². The van der Waals surface area contributed by atoms with Gasteiger partial charge in [0.1, 0.15) is 0 Å². The van der Waals surface area contributed by atoms with Crippen LogP contribution in [0, 0.1) is 29.6 Å². The first-order valence-corrected chi connectivity index (χ1v) is 14.7. The summed E-state index contributed by atoms with van der Waals surface area (Å²) in [5, 5.41) is 17.6. The van der Waals surface area contributed by atoms with E-state index in [-0.39, 0.29) is 11.1 Å². The van der Waals surface area contributed by atoms with Gasteiger partial charge in [0.05, 0.1) is 22.5 Å². The monoisotopic (exact) mass is 498 g/mol. The highest BCUT2D eigenvalue weighted by Crippen LogP contribution is 2.39. The Bertz CT molecular complexity index is 916. The molecule has 1 fully saturated rings. The number of hydrogen-bond donors (Lipinski definition) is 0. The van der Waals surface area contributed by atoms with E-state index in [1.54, 1.807) is 0 Å². The summed E-state index contributed by atoms with van der Waals surface area (Å²) in [5.41, 5.74) is 2.25. The van der Waals surface area contributed by atoms with E-state index < -0.39 is 0 Å². The average molecular weight is 499 g/mol. The Labute approximate surface area is 221 Å². The van der Waals surface area contributed by atoms with Crippen LogP contribution in [0.1, 0.15) is 125 Å². The molecule has 0 aromatic carbocycles. The first-order chi connectivity index (χ1) is 16.9. The second-order valence-corrected chi connectivity index (χ2v) is 13.9. The standard InChI is InChI=1S/C30H54N6/c1-10-27-20-35(33-31-27)29(6,7)18-23(4)16-25-11-13-26(14-12-25)17-24(5)19-30(8,9)36-21-28(32-34-36)15-22(2)3/h20-26H,10-19H2,1-9H3. The fourth-order valence-corrected chi connectivity index (χ4v) is 6.76. The molecular formula is C30H54N6. The van der Waals surface area contributed by atoms with Gasteiger partial charge in [-0.25, -0.2) is 9.36 Å². The van der Waals surface area contributed by atoms with Crippen LogP contribution in [0.4, 0.5) is 0 Å². The SMILES string of the molecule is CCc1cn(C(C)(C)CC(C)CC2CCC(CC(C)CC(C)(C)n3cc(CC(C)C)nn3)CC2)nn1. The highest BCUT2D eigenvalue weighted by molar-refractivity contribution is 4.97. The molecule has 0 aliphatic heterocycles. The lowest BCUT2D eigenvalue weighted by Gasteiger charge is -2.35. The molecule has 204 valence electrons. The van der Waals surface area contributed by atoms with Crippen LogP contribution in [0.15, 0.2) is 12.4 Å². The Kier molecular flexibility index (Phi) is 9.79. The van der Waals surface area contributed by atoms with E-state index in [1.165, 1.54) is 38.5 Å². The Morgan fingerprint density at radius 1 is 0.750 bits per heavy atom. The summed E-state index contributed by atoms with van der Waals surface area (Å²) in [6.45, 7) is 20.8. The Morgan fingerprint density at radius 2 is 1.17 bits per heavy atom. The summed E-state index contributed by atoms with van der Waals surface area (Å²) in [6.07, 6.45) is 16.9. The zero-order valence-electron chi connectivity index (χ0n) is 24.8. The molecule has 1 saturated carbocycles. The first-order valence-electron chi connectivity index (χ1n) is 14.7. The van der Waals surface area contributed by atoms with Crippen molar-refractivity contribution in [3.05, 3.63) is 23.8 Å². The molecule has 6 heteroatoms. The van der Waals surface area contributed by atoms with E-state index in [4.69, 9.17) is 0 Å². The number of rotatable bonds is 13. The van der Waals surface area contributed by atoms with Gasteiger partial charge >= 0.3 is 0 Å². The van der Waals surface area contributed by atoms with Crippen LogP contribution in [0.5, 0.6) is 0 Å². The third-order valence-corrected chi connectivity index (χ3v) is 8.44. The van der Waals surface area contributed by atoms with Crippen molar-refractivity contribution in [3.63, 3.8) is 0 Å². The molecule has 36 heavy (non-hydrogen) atoms. The lowest BCUT2D eigenvalue weighted by Crippen LogP contribution is -2.31. The van der Waals surface area contributed by atoms with E-state index in [1.807, 2.05) is 0 Å². The summed E-state index contributed by atoms with van der Waals surface area (Å²) < 4.78 is 4.20. The van der Waals surface area contributed by atoms with Crippen LogP contribution >= 0.6 is 0 Å². The van der Waals surface area contributed by atoms with Crippen molar-refractivity contribution in [2.45, 2.75) is 138 Å². The zero-order valence-corrected chi connectivity index (χ0v) is 24.8. The van der Waals surface area contributed by atoms with Crippen molar-refractivity contribution < 1.29 is 0 Å². The molecular weight excluding hydrogens is 444 g/mol. The quantitative estimate of drug-likeness (QED) is 0.288. The lowest BCUT2D eigenvalue weighted by atomic mass is 9.73. The minimum Gasteiger partial charge on any atom is -0.247 e. The molecule has 1 aliphatic rings. The van der Waals surface area contributed by atoms with Crippen molar-refractivity contribution in [1.82, 2.24) is 30.0 Å². The molecule has 1 aliphatic carbocycles. The van der Waals surface area contributed by atoms with E-state index in [0.29, 0.717) is 17.8 Å². The molecule has 0 spiro atoms. The second kappa shape index (κ2) is 12.2. The third-order valence-electron chi connectivity index (χ3n) is 8.44. The molecule has 0 amide bonds. The fraction of sp³-hybridized carbons (Fsp3) is 0.867. The molecule has 2 heterocycles. The molecule has 2 unspecified atom stereocenters. The van der Waals surface area contributed by atoms with Crippen molar-refractivity contribution in [2.75, 3.05) is 0 Å². The van der Waals surface area contributed by atoms with Gasteiger partial charge in [0.15, 0.2) is 0 Å². The van der Waals surface area contributed by atoms with Gasteiger partial charge in [0.25, 0.3) is 0 Å². The summed E-state index contributed by atoms with van der Waals surface area (Å²) in [4.78, 5) is 0. The summed E-state index contributed by atoms with van der Waals surface area (Å²) in [7, 11) is 0. The third kappa shape index (κ3) is 8.14. The number of aromatic nitrogens is 6. The van der Waals surface area contributed by atoms with E-state index in [0.717, 1.165) is 48.9 Å². The normalized spacial score (nSPS) is 21.2. The second-order valence-electron chi connectivity index (χ2n) is 13.9. The number of hydrogen-bond acceptors (Lipinski definition) is 4. The predicted octanol–water partition coefficient (Wildman–Crippen LogP) is 7.44. The van der Waals surface area contributed by atoms with Crippen molar-refractivity contribution in [1.29, 1.82) is 0 Å². The highest BCUT2D eigenvalue weighted by atomic mass is 15.5. The maximum atomic E-state index is 4.49. The van der Waals surface area contributed by atoms with Gasteiger partial charge in [-0.3, -0.25) is 0 Å². The molecule has 3 rings (SSSR count). The van der Waals surface area contributed by atoms with Crippen LogP contribution in [0.25, 0.3) is 0 Å². The lowest BCUT2D eigenvalue weighted by molar-refractivity contribution is 0.170. The largest absolute Gasteiger partial charge is 0.247 e. The maximum absolute atomic E-state index is 4.49. The van der Waals surface area contributed by atoms with Gasteiger partial charge in [0, 0.05) is 12.4 Å². The topological polar surface area (TPSA) is 61.4 Å².